The van der Waals surface area contributed by atoms with E-state index in [0.717, 1.165) is 36.5 Å². The second kappa shape index (κ2) is 6.53. The van der Waals surface area contributed by atoms with Gasteiger partial charge in [-0.15, -0.1) is 5.10 Å². The Hall–Kier alpha value is -2.32. The van der Waals surface area contributed by atoms with Gasteiger partial charge in [0.15, 0.2) is 5.82 Å². The maximum atomic E-state index is 12.6. The van der Waals surface area contributed by atoms with Crippen LogP contribution in [-0.2, 0) is 16.6 Å². The molecule has 0 bridgehead atoms. The minimum absolute atomic E-state index is 0.0820. The van der Waals surface area contributed by atoms with Gasteiger partial charge in [0.1, 0.15) is 0 Å². The monoisotopic (exact) mass is 357 g/mol. The lowest BCUT2D eigenvalue weighted by Crippen LogP contribution is -2.26. The number of nitrogens with zero attached hydrogens (tertiary/aromatic N) is 4. The predicted octanol–water partition coefficient (Wildman–Crippen LogP) is 2.42. The Morgan fingerprint density at radius 3 is 2.64 bits per heavy atom. The minimum atomic E-state index is -3.63. The highest BCUT2D eigenvalue weighted by Crippen LogP contribution is 2.29. The maximum Gasteiger partial charge on any atom is 0.240 e. The number of benzene rings is 2. The first kappa shape index (κ1) is 16.2. The van der Waals surface area contributed by atoms with Crippen molar-refractivity contribution in [2.24, 2.45) is 0 Å². The highest BCUT2D eigenvalue weighted by Gasteiger charge is 2.22. The van der Waals surface area contributed by atoms with Crippen molar-refractivity contribution in [1.29, 1.82) is 0 Å². The molecular formula is C17H19N5O2S. The van der Waals surface area contributed by atoms with Gasteiger partial charge in [0, 0.05) is 0 Å². The van der Waals surface area contributed by atoms with E-state index >= 15 is 0 Å². The third kappa shape index (κ3) is 3.27. The van der Waals surface area contributed by atoms with Crippen LogP contribution in [0.4, 0.5) is 0 Å². The molecule has 0 radical (unpaired) electrons. The van der Waals surface area contributed by atoms with Gasteiger partial charge >= 0.3 is 0 Å². The summed E-state index contributed by atoms with van der Waals surface area (Å²) >= 11 is 0. The lowest BCUT2D eigenvalue weighted by molar-refractivity contribution is 0.435. The lowest BCUT2D eigenvalue weighted by atomic mass is 10.1. The molecule has 3 aromatic rings. The second-order valence-corrected chi connectivity index (χ2v) is 8.08. The Morgan fingerprint density at radius 2 is 1.84 bits per heavy atom. The molecular weight excluding hydrogens is 338 g/mol. The highest BCUT2D eigenvalue weighted by atomic mass is 32.2. The number of rotatable bonds is 5. The summed E-state index contributed by atoms with van der Waals surface area (Å²) in [5.74, 6) is 0.552. The molecule has 7 nitrogen and oxygen atoms in total. The summed E-state index contributed by atoms with van der Waals surface area (Å²) in [4.78, 5) is 0.242. The molecule has 1 N–H and O–H groups in total. The van der Waals surface area contributed by atoms with Crippen LogP contribution in [0.1, 0.15) is 37.5 Å². The van der Waals surface area contributed by atoms with Crippen LogP contribution in [0.2, 0.25) is 0 Å². The van der Waals surface area contributed by atoms with E-state index in [1.54, 1.807) is 16.8 Å². The summed E-state index contributed by atoms with van der Waals surface area (Å²) in [6, 6.07) is 13.0. The average Bonchev–Trinajstić information content (AvgIpc) is 3.30. The third-order valence-electron chi connectivity index (χ3n) is 4.68. The Kier molecular flexibility index (Phi) is 4.22. The fourth-order valence-electron chi connectivity index (χ4n) is 3.34. The number of hydrogen-bond donors (Lipinski definition) is 1. The first-order chi connectivity index (χ1) is 12.1. The van der Waals surface area contributed by atoms with Crippen molar-refractivity contribution in [2.75, 3.05) is 0 Å². The molecule has 0 aliphatic heterocycles. The van der Waals surface area contributed by atoms with Gasteiger partial charge in [0.05, 0.1) is 17.5 Å². The number of aromatic nitrogens is 4. The van der Waals surface area contributed by atoms with E-state index in [1.807, 2.05) is 30.3 Å². The summed E-state index contributed by atoms with van der Waals surface area (Å²) in [5.41, 5.74) is 0. The molecule has 1 aromatic heterocycles. The molecule has 130 valence electrons. The Bertz CT molecular complexity index is 993. The average molecular weight is 357 g/mol. The zero-order valence-electron chi connectivity index (χ0n) is 13.7. The molecule has 2 aromatic carbocycles. The van der Waals surface area contributed by atoms with Gasteiger partial charge in [-0.05, 0) is 46.2 Å². The zero-order valence-corrected chi connectivity index (χ0v) is 14.5. The number of nitrogens with one attached hydrogen (secondary N) is 1. The predicted molar refractivity (Wildman–Crippen MR) is 93.3 cm³/mol. The van der Waals surface area contributed by atoms with Gasteiger partial charge in [-0.3, -0.25) is 0 Å². The second-order valence-electron chi connectivity index (χ2n) is 6.31. The lowest BCUT2D eigenvalue weighted by Gasteiger charge is -2.12. The molecule has 1 aliphatic carbocycles. The van der Waals surface area contributed by atoms with Gasteiger partial charge in [-0.2, -0.15) is 0 Å². The van der Waals surface area contributed by atoms with Crippen molar-refractivity contribution in [3.8, 4) is 0 Å². The van der Waals surface area contributed by atoms with Crippen molar-refractivity contribution < 1.29 is 8.42 Å². The fraction of sp³-hybridized carbons (Fsp3) is 0.353. The summed E-state index contributed by atoms with van der Waals surface area (Å²) in [5, 5.41) is 13.6. The van der Waals surface area contributed by atoms with E-state index in [0.29, 0.717) is 5.82 Å². The molecule has 0 saturated heterocycles. The number of hydrogen-bond acceptors (Lipinski definition) is 5. The van der Waals surface area contributed by atoms with Crippen LogP contribution in [0.3, 0.4) is 0 Å². The van der Waals surface area contributed by atoms with Crippen molar-refractivity contribution in [3.05, 3.63) is 48.3 Å². The SMILES string of the molecule is O=S(=O)(NCc1nnnn1C1CCCC1)c1ccc2ccccc2c1. The molecule has 1 aliphatic rings. The summed E-state index contributed by atoms with van der Waals surface area (Å²) in [7, 11) is -3.63. The molecule has 0 unspecified atom stereocenters. The van der Waals surface area contributed by atoms with Crippen LogP contribution in [0, 0.1) is 0 Å². The van der Waals surface area contributed by atoms with E-state index in [2.05, 4.69) is 20.2 Å². The maximum absolute atomic E-state index is 12.6. The Balaban J connectivity index is 1.54. The number of tetrazole rings is 1. The topological polar surface area (TPSA) is 89.8 Å². The van der Waals surface area contributed by atoms with Crippen molar-refractivity contribution in [3.63, 3.8) is 0 Å². The molecule has 0 amide bonds. The molecule has 8 heteroatoms. The van der Waals surface area contributed by atoms with Crippen molar-refractivity contribution in [1.82, 2.24) is 24.9 Å². The third-order valence-corrected chi connectivity index (χ3v) is 6.08. The Morgan fingerprint density at radius 1 is 1.08 bits per heavy atom. The highest BCUT2D eigenvalue weighted by molar-refractivity contribution is 7.89. The van der Waals surface area contributed by atoms with Crippen LogP contribution in [0.25, 0.3) is 10.8 Å². The van der Waals surface area contributed by atoms with Crippen LogP contribution in [-0.4, -0.2) is 28.6 Å². The summed E-state index contributed by atoms with van der Waals surface area (Å²) < 4.78 is 29.6. The summed E-state index contributed by atoms with van der Waals surface area (Å²) in [6.45, 7) is 0.0820. The normalized spacial score (nSPS) is 15.8. The van der Waals surface area contributed by atoms with E-state index < -0.39 is 10.0 Å². The van der Waals surface area contributed by atoms with E-state index in [-0.39, 0.29) is 17.5 Å². The molecule has 0 spiro atoms. The van der Waals surface area contributed by atoms with Gasteiger partial charge < -0.3 is 0 Å². The van der Waals surface area contributed by atoms with E-state index in [9.17, 15) is 8.42 Å². The molecule has 0 atom stereocenters. The van der Waals surface area contributed by atoms with Gasteiger partial charge in [0.2, 0.25) is 10.0 Å². The number of fused-ring (bicyclic) bond motifs is 1. The van der Waals surface area contributed by atoms with E-state index in [4.69, 9.17) is 0 Å². The van der Waals surface area contributed by atoms with Gasteiger partial charge in [0.25, 0.3) is 0 Å². The van der Waals surface area contributed by atoms with Crippen LogP contribution in [0.5, 0.6) is 0 Å². The smallest absolute Gasteiger partial charge is 0.225 e. The summed E-state index contributed by atoms with van der Waals surface area (Å²) in [6.07, 6.45) is 4.39. The quantitative estimate of drug-likeness (QED) is 0.757. The first-order valence-electron chi connectivity index (χ1n) is 8.39. The van der Waals surface area contributed by atoms with Crippen LogP contribution in [0.15, 0.2) is 47.4 Å². The first-order valence-corrected chi connectivity index (χ1v) is 9.87. The largest absolute Gasteiger partial charge is 0.240 e. The van der Waals surface area contributed by atoms with E-state index in [1.165, 1.54) is 0 Å². The molecule has 4 rings (SSSR count). The zero-order chi connectivity index (χ0) is 17.3. The van der Waals surface area contributed by atoms with Crippen molar-refractivity contribution >= 4 is 20.8 Å². The standard InChI is InChI=1S/C17H19N5O2S/c23-25(24,16-10-9-13-5-1-2-6-14(13)11-16)18-12-17-19-20-21-22(17)15-7-3-4-8-15/h1-2,5-6,9-11,15,18H,3-4,7-8,12H2. The van der Waals surface area contributed by atoms with Crippen LogP contribution < -0.4 is 4.72 Å². The van der Waals surface area contributed by atoms with Crippen molar-refractivity contribution in [2.45, 2.75) is 43.2 Å². The van der Waals surface area contributed by atoms with Gasteiger partial charge in [-0.25, -0.2) is 17.8 Å². The fourth-order valence-corrected chi connectivity index (χ4v) is 4.35. The molecule has 1 fully saturated rings. The number of sulfonamides is 1. The van der Waals surface area contributed by atoms with Gasteiger partial charge in [-0.1, -0.05) is 43.2 Å². The van der Waals surface area contributed by atoms with Crippen LogP contribution >= 0.6 is 0 Å². The minimum Gasteiger partial charge on any atom is -0.225 e. The molecule has 25 heavy (non-hydrogen) atoms. The Labute approximate surface area is 146 Å². The molecule has 1 heterocycles. The molecule has 1 saturated carbocycles.